The summed E-state index contributed by atoms with van der Waals surface area (Å²) in [4.78, 5) is 0. The molecular weight excluding hydrogens is 308 g/mol. The fourth-order valence-corrected chi connectivity index (χ4v) is 2.28. The van der Waals surface area contributed by atoms with E-state index in [1.807, 2.05) is 0 Å². The second-order valence-corrected chi connectivity index (χ2v) is 4.60. The van der Waals surface area contributed by atoms with Crippen LogP contribution in [0, 0.1) is 11.6 Å². The number of aryl methyl sites for hydroxylation is 1. The predicted molar refractivity (Wildman–Crippen MR) is 63.7 cm³/mol. The molecule has 1 unspecified atom stereocenters. The number of benzene rings is 1. The van der Waals surface area contributed by atoms with Crippen molar-refractivity contribution < 1.29 is 13.9 Å². The van der Waals surface area contributed by atoms with Crippen LogP contribution in [0.4, 0.5) is 8.78 Å². The Bertz CT molecular complexity index is 554. The SMILES string of the molecule is Cn1nnc(Br)c1C(O)Cc1ccc(F)cc1F. The Labute approximate surface area is 110 Å². The average molecular weight is 318 g/mol. The molecule has 0 aliphatic rings. The van der Waals surface area contributed by atoms with E-state index < -0.39 is 17.7 Å². The molecule has 1 aromatic carbocycles. The molecule has 4 nitrogen and oxygen atoms in total. The van der Waals surface area contributed by atoms with Gasteiger partial charge in [-0.3, -0.25) is 0 Å². The van der Waals surface area contributed by atoms with Crippen LogP contribution in [-0.2, 0) is 13.5 Å². The summed E-state index contributed by atoms with van der Waals surface area (Å²) in [5.74, 6) is -1.32. The molecule has 18 heavy (non-hydrogen) atoms. The van der Waals surface area contributed by atoms with Crippen LogP contribution < -0.4 is 0 Å². The summed E-state index contributed by atoms with van der Waals surface area (Å²) in [5.41, 5.74) is 0.677. The van der Waals surface area contributed by atoms with E-state index in [1.165, 1.54) is 10.7 Å². The highest BCUT2D eigenvalue weighted by Gasteiger charge is 2.19. The smallest absolute Gasteiger partial charge is 0.154 e. The zero-order valence-corrected chi connectivity index (χ0v) is 11.0. The maximum atomic E-state index is 13.5. The minimum absolute atomic E-state index is 0.0198. The molecule has 0 radical (unpaired) electrons. The Hall–Kier alpha value is -1.34. The van der Waals surface area contributed by atoms with Crippen molar-refractivity contribution in [3.63, 3.8) is 0 Å². The van der Waals surface area contributed by atoms with Crippen LogP contribution in [0.15, 0.2) is 22.8 Å². The van der Waals surface area contributed by atoms with E-state index in [4.69, 9.17) is 0 Å². The number of nitrogens with zero attached hydrogens (tertiary/aromatic N) is 3. The third kappa shape index (κ3) is 2.56. The molecule has 1 heterocycles. The molecule has 96 valence electrons. The van der Waals surface area contributed by atoms with Crippen molar-refractivity contribution in [2.24, 2.45) is 7.05 Å². The van der Waals surface area contributed by atoms with Crippen LogP contribution >= 0.6 is 15.9 Å². The van der Waals surface area contributed by atoms with Crippen molar-refractivity contribution in [2.45, 2.75) is 12.5 Å². The highest BCUT2D eigenvalue weighted by molar-refractivity contribution is 9.10. The molecule has 7 heteroatoms. The Kier molecular flexibility index (Phi) is 3.72. The quantitative estimate of drug-likeness (QED) is 0.943. The van der Waals surface area contributed by atoms with E-state index in [1.54, 1.807) is 7.05 Å². The lowest BCUT2D eigenvalue weighted by Crippen LogP contribution is -2.09. The van der Waals surface area contributed by atoms with Crippen molar-refractivity contribution >= 4 is 15.9 Å². The fraction of sp³-hybridized carbons (Fsp3) is 0.273. The summed E-state index contributed by atoms with van der Waals surface area (Å²) in [6.07, 6.45) is -0.953. The van der Waals surface area contributed by atoms with Gasteiger partial charge in [-0.1, -0.05) is 11.3 Å². The van der Waals surface area contributed by atoms with Crippen LogP contribution in [0.25, 0.3) is 0 Å². The third-order valence-electron chi connectivity index (χ3n) is 2.57. The first-order valence-corrected chi connectivity index (χ1v) is 5.95. The largest absolute Gasteiger partial charge is 0.386 e. The van der Waals surface area contributed by atoms with Gasteiger partial charge in [0, 0.05) is 19.5 Å². The predicted octanol–water partition coefficient (Wildman–Crippen LogP) is 2.13. The maximum Gasteiger partial charge on any atom is 0.154 e. The zero-order valence-electron chi connectivity index (χ0n) is 9.44. The molecule has 0 aliphatic carbocycles. The number of aromatic nitrogens is 3. The Morgan fingerprint density at radius 2 is 2.17 bits per heavy atom. The summed E-state index contributed by atoms with van der Waals surface area (Å²) in [6, 6.07) is 3.26. The first-order chi connectivity index (χ1) is 8.49. The Morgan fingerprint density at radius 1 is 1.44 bits per heavy atom. The van der Waals surface area contributed by atoms with Gasteiger partial charge >= 0.3 is 0 Å². The fourth-order valence-electron chi connectivity index (χ4n) is 1.68. The second kappa shape index (κ2) is 5.11. The third-order valence-corrected chi connectivity index (χ3v) is 3.14. The van der Waals surface area contributed by atoms with Crippen LogP contribution in [0.2, 0.25) is 0 Å². The van der Waals surface area contributed by atoms with E-state index in [9.17, 15) is 13.9 Å². The molecule has 0 amide bonds. The molecule has 1 N–H and O–H groups in total. The molecule has 0 aliphatic heterocycles. The first kappa shape index (κ1) is 13.1. The van der Waals surface area contributed by atoms with Crippen molar-refractivity contribution in [3.8, 4) is 0 Å². The van der Waals surface area contributed by atoms with Gasteiger partial charge in [-0.05, 0) is 27.6 Å². The van der Waals surface area contributed by atoms with Crippen LogP contribution in [0.5, 0.6) is 0 Å². The number of hydrogen-bond donors (Lipinski definition) is 1. The van der Waals surface area contributed by atoms with Gasteiger partial charge in [-0.15, -0.1) is 5.10 Å². The molecular formula is C11H10BrF2N3O. The minimum Gasteiger partial charge on any atom is -0.386 e. The lowest BCUT2D eigenvalue weighted by atomic mass is 10.1. The van der Waals surface area contributed by atoms with Gasteiger partial charge in [0.1, 0.15) is 23.4 Å². The molecule has 2 aromatic rings. The normalized spacial score (nSPS) is 12.7. The van der Waals surface area contributed by atoms with Gasteiger partial charge in [0.25, 0.3) is 0 Å². The molecule has 1 aromatic heterocycles. The van der Waals surface area contributed by atoms with Crippen molar-refractivity contribution in [1.29, 1.82) is 0 Å². The Morgan fingerprint density at radius 3 is 2.72 bits per heavy atom. The van der Waals surface area contributed by atoms with Gasteiger partial charge in [-0.25, -0.2) is 13.5 Å². The second-order valence-electron chi connectivity index (χ2n) is 3.84. The van der Waals surface area contributed by atoms with Gasteiger partial charge in [-0.2, -0.15) is 0 Å². The lowest BCUT2D eigenvalue weighted by Gasteiger charge is -2.11. The zero-order chi connectivity index (χ0) is 13.3. The van der Waals surface area contributed by atoms with Gasteiger partial charge < -0.3 is 5.11 Å². The number of aliphatic hydroxyl groups is 1. The monoisotopic (exact) mass is 317 g/mol. The number of rotatable bonds is 3. The lowest BCUT2D eigenvalue weighted by molar-refractivity contribution is 0.166. The van der Waals surface area contributed by atoms with E-state index >= 15 is 0 Å². The summed E-state index contributed by atoms with van der Waals surface area (Å²) >= 11 is 3.15. The standard InChI is InChI=1S/C11H10BrF2N3O/c1-17-10(11(12)15-16-17)9(18)4-6-2-3-7(13)5-8(6)14/h2-3,5,9,18H,4H2,1H3. The molecule has 0 spiro atoms. The van der Waals surface area contributed by atoms with E-state index in [2.05, 4.69) is 26.2 Å². The molecule has 0 saturated heterocycles. The van der Waals surface area contributed by atoms with Crippen LogP contribution in [0.1, 0.15) is 17.4 Å². The topological polar surface area (TPSA) is 50.9 Å². The average Bonchev–Trinajstić information content (AvgIpc) is 2.62. The maximum absolute atomic E-state index is 13.5. The van der Waals surface area contributed by atoms with E-state index in [0.717, 1.165) is 12.1 Å². The Balaban J connectivity index is 2.24. The minimum atomic E-state index is -0.973. The summed E-state index contributed by atoms with van der Waals surface area (Å²) < 4.78 is 28.0. The van der Waals surface area contributed by atoms with Gasteiger partial charge in [0.05, 0.1) is 0 Å². The molecule has 0 bridgehead atoms. The number of hydrogen-bond acceptors (Lipinski definition) is 3. The summed E-state index contributed by atoms with van der Waals surface area (Å²) in [7, 11) is 1.62. The van der Waals surface area contributed by atoms with E-state index in [0.29, 0.717) is 10.3 Å². The highest BCUT2D eigenvalue weighted by Crippen LogP contribution is 2.24. The molecule has 2 rings (SSSR count). The summed E-state index contributed by atoms with van der Waals surface area (Å²) in [5, 5.41) is 17.5. The molecule has 0 saturated carbocycles. The van der Waals surface area contributed by atoms with Crippen LogP contribution in [0.3, 0.4) is 0 Å². The van der Waals surface area contributed by atoms with Crippen molar-refractivity contribution in [1.82, 2.24) is 15.0 Å². The first-order valence-electron chi connectivity index (χ1n) is 5.16. The van der Waals surface area contributed by atoms with Gasteiger partial charge in [0.15, 0.2) is 4.60 Å². The summed E-state index contributed by atoms with van der Waals surface area (Å²) in [6.45, 7) is 0. The molecule has 1 atom stereocenters. The van der Waals surface area contributed by atoms with Gasteiger partial charge in [0.2, 0.25) is 0 Å². The highest BCUT2D eigenvalue weighted by atomic mass is 79.9. The number of halogens is 3. The number of aliphatic hydroxyl groups excluding tert-OH is 1. The van der Waals surface area contributed by atoms with E-state index in [-0.39, 0.29) is 12.0 Å². The molecule has 0 fully saturated rings. The van der Waals surface area contributed by atoms with Crippen molar-refractivity contribution in [3.05, 3.63) is 45.7 Å². The van der Waals surface area contributed by atoms with Crippen molar-refractivity contribution in [2.75, 3.05) is 0 Å². The van der Waals surface area contributed by atoms with Crippen LogP contribution in [-0.4, -0.2) is 20.1 Å².